The Bertz CT molecular complexity index is 685. The van der Waals surface area contributed by atoms with E-state index in [0.29, 0.717) is 24.3 Å². The summed E-state index contributed by atoms with van der Waals surface area (Å²) in [5, 5.41) is 10.7. The van der Waals surface area contributed by atoms with Crippen molar-refractivity contribution in [2.45, 2.75) is 12.0 Å². The monoisotopic (exact) mass is 321 g/mol. The Morgan fingerprint density at radius 1 is 1.30 bits per heavy atom. The molecule has 2 heterocycles. The lowest BCUT2D eigenvalue weighted by atomic mass is 10.1. The summed E-state index contributed by atoms with van der Waals surface area (Å²) < 4.78 is 19.3. The van der Waals surface area contributed by atoms with Gasteiger partial charge in [0.15, 0.2) is 6.10 Å². The number of halogens is 1. The van der Waals surface area contributed by atoms with Crippen LogP contribution >= 0.6 is 0 Å². The number of nitrogens with two attached hydrogens (primary N) is 1. The van der Waals surface area contributed by atoms with E-state index < -0.39 is 18.1 Å². The molecule has 0 aromatic heterocycles. The second-order valence-electron chi connectivity index (χ2n) is 6.32. The van der Waals surface area contributed by atoms with E-state index in [1.165, 1.54) is 16.0 Å². The molecule has 2 amide bonds. The smallest absolute Gasteiger partial charge is 0.415 e. The van der Waals surface area contributed by atoms with Crippen molar-refractivity contribution in [3.05, 3.63) is 29.6 Å². The molecule has 122 valence electrons. The summed E-state index contributed by atoms with van der Waals surface area (Å²) in [6.45, 7) is 1.12. The van der Waals surface area contributed by atoms with Crippen LogP contribution in [0.15, 0.2) is 18.2 Å². The molecule has 23 heavy (non-hydrogen) atoms. The molecule has 2 saturated heterocycles. The van der Waals surface area contributed by atoms with Crippen molar-refractivity contribution in [1.29, 1.82) is 0 Å². The molecule has 7 nitrogen and oxygen atoms in total. The van der Waals surface area contributed by atoms with E-state index in [-0.39, 0.29) is 30.1 Å². The Balaban J connectivity index is 1.53. The van der Waals surface area contributed by atoms with E-state index in [1.807, 2.05) is 0 Å². The maximum atomic E-state index is 14.4. The lowest BCUT2D eigenvalue weighted by Crippen LogP contribution is -2.32. The third kappa shape index (κ3) is 2.25. The number of amides is 2. The summed E-state index contributed by atoms with van der Waals surface area (Å²) in [7, 11) is 0. The zero-order chi connectivity index (χ0) is 16.3. The molecule has 3 N–H and O–H groups in total. The number of cyclic esters (lactones) is 1. The van der Waals surface area contributed by atoms with Crippen LogP contribution in [0.25, 0.3) is 0 Å². The third-order valence-electron chi connectivity index (χ3n) is 4.96. The van der Waals surface area contributed by atoms with Crippen LogP contribution in [-0.4, -0.2) is 48.0 Å². The molecule has 1 saturated carbocycles. The maximum Gasteiger partial charge on any atom is 0.415 e. The second-order valence-corrected chi connectivity index (χ2v) is 6.32. The molecule has 1 aromatic rings. The average Bonchev–Trinajstić information content (AvgIpc) is 2.84. The number of benzene rings is 1. The largest absolute Gasteiger partial charge is 0.434 e. The number of primary amides is 1. The minimum atomic E-state index is -1.01. The van der Waals surface area contributed by atoms with E-state index in [1.54, 1.807) is 12.1 Å². The topological polar surface area (TPSA) is 96.1 Å². The highest BCUT2D eigenvalue weighted by molar-refractivity contribution is 5.95. The van der Waals surface area contributed by atoms with Gasteiger partial charge in [-0.2, -0.15) is 5.06 Å². The average molecular weight is 321 g/mol. The van der Waals surface area contributed by atoms with Gasteiger partial charge in [0, 0.05) is 13.1 Å². The van der Waals surface area contributed by atoms with Gasteiger partial charge in [-0.15, -0.1) is 0 Å². The van der Waals surface area contributed by atoms with Crippen LogP contribution in [0.3, 0.4) is 0 Å². The normalized spacial score (nSPS) is 32.8. The quantitative estimate of drug-likeness (QED) is 0.853. The molecule has 0 radical (unpaired) electrons. The van der Waals surface area contributed by atoms with Gasteiger partial charge in [0.25, 0.3) is 5.91 Å². The van der Waals surface area contributed by atoms with Gasteiger partial charge in [-0.3, -0.25) is 9.69 Å². The number of hydroxylamine groups is 2. The number of carbonyl (C=O) groups excluding carboxylic acids is 2. The van der Waals surface area contributed by atoms with E-state index >= 15 is 0 Å². The van der Waals surface area contributed by atoms with Gasteiger partial charge in [0.1, 0.15) is 5.82 Å². The fourth-order valence-corrected chi connectivity index (χ4v) is 3.74. The Labute approximate surface area is 131 Å². The molecule has 8 heteroatoms. The van der Waals surface area contributed by atoms with Crippen LogP contribution in [0.2, 0.25) is 0 Å². The third-order valence-corrected chi connectivity index (χ3v) is 4.96. The highest BCUT2D eigenvalue weighted by atomic mass is 19.1. The highest BCUT2D eigenvalue weighted by Gasteiger charge is 2.57. The van der Waals surface area contributed by atoms with Crippen molar-refractivity contribution in [3.63, 3.8) is 0 Å². The van der Waals surface area contributed by atoms with Crippen LogP contribution < -0.4 is 10.6 Å². The Morgan fingerprint density at radius 3 is 2.57 bits per heavy atom. The van der Waals surface area contributed by atoms with Gasteiger partial charge in [-0.1, -0.05) is 6.07 Å². The van der Waals surface area contributed by atoms with Gasteiger partial charge in [0.05, 0.1) is 12.2 Å². The van der Waals surface area contributed by atoms with Crippen LogP contribution in [-0.2, 0) is 9.53 Å². The molecule has 0 spiro atoms. The van der Waals surface area contributed by atoms with Gasteiger partial charge in [-0.05, 0) is 35.4 Å². The predicted octanol–water partition coefficient (Wildman–Crippen LogP) is 0.671. The SMILES string of the molecule is NC(=O)[C@H]1CN(c2ccc([C@H]3[C@@H]4CN(O)C[C@@H]43)c(F)c2)C(=O)O1. The summed E-state index contributed by atoms with van der Waals surface area (Å²) in [5.41, 5.74) is 6.07. The van der Waals surface area contributed by atoms with Crippen LogP contribution in [0.4, 0.5) is 14.9 Å². The van der Waals surface area contributed by atoms with E-state index in [2.05, 4.69) is 0 Å². The number of rotatable bonds is 3. The number of carbonyl (C=O) groups is 2. The molecule has 3 aliphatic rings. The molecule has 4 atom stereocenters. The van der Waals surface area contributed by atoms with Crippen molar-refractivity contribution >= 4 is 17.7 Å². The Kier molecular flexibility index (Phi) is 3.07. The Morgan fingerprint density at radius 2 is 2.00 bits per heavy atom. The van der Waals surface area contributed by atoms with Crippen LogP contribution in [0.1, 0.15) is 11.5 Å². The van der Waals surface area contributed by atoms with Gasteiger partial charge in [-0.25, -0.2) is 9.18 Å². The van der Waals surface area contributed by atoms with E-state index in [9.17, 15) is 19.2 Å². The molecular formula is C15H16FN3O4. The number of ether oxygens (including phenoxy) is 1. The maximum absolute atomic E-state index is 14.4. The molecule has 1 aromatic carbocycles. The van der Waals surface area contributed by atoms with Crippen LogP contribution in [0, 0.1) is 17.7 Å². The molecule has 4 rings (SSSR count). The predicted molar refractivity (Wildman–Crippen MR) is 76.3 cm³/mol. The summed E-state index contributed by atoms with van der Waals surface area (Å²) in [4.78, 5) is 24.1. The first-order valence-electron chi connectivity index (χ1n) is 7.46. The van der Waals surface area contributed by atoms with Gasteiger partial charge in [0.2, 0.25) is 0 Å². The molecule has 0 unspecified atom stereocenters. The van der Waals surface area contributed by atoms with Crippen molar-refractivity contribution < 1.29 is 23.9 Å². The number of anilines is 1. The minimum Gasteiger partial charge on any atom is -0.434 e. The first-order chi connectivity index (χ1) is 11.0. The lowest BCUT2D eigenvalue weighted by molar-refractivity contribution is -0.124. The van der Waals surface area contributed by atoms with Crippen LogP contribution in [0.5, 0.6) is 0 Å². The number of nitrogens with zero attached hydrogens (tertiary/aromatic N) is 2. The standard InChI is InChI=1S/C15H16FN3O4/c16-11-3-7(19-6-12(14(17)20)23-15(19)21)1-2-8(11)13-9-4-18(22)5-10(9)13/h1-3,9-10,12-13,22H,4-6H2,(H2,17,20)/t9-,10+,12-,13+/m1/s1. The first kappa shape index (κ1) is 14.4. The first-order valence-corrected chi connectivity index (χ1v) is 7.46. The van der Waals surface area contributed by atoms with Crippen molar-refractivity contribution in [2.24, 2.45) is 17.6 Å². The zero-order valence-corrected chi connectivity index (χ0v) is 12.2. The number of hydrogen-bond acceptors (Lipinski definition) is 5. The highest BCUT2D eigenvalue weighted by Crippen LogP contribution is 2.58. The second kappa shape index (κ2) is 4.90. The van der Waals surface area contributed by atoms with Gasteiger partial charge >= 0.3 is 6.09 Å². The lowest BCUT2D eigenvalue weighted by Gasteiger charge is -2.15. The van der Waals surface area contributed by atoms with E-state index in [0.717, 1.165) is 0 Å². The summed E-state index contributed by atoms with van der Waals surface area (Å²) in [6, 6.07) is 4.60. The fourth-order valence-electron chi connectivity index (χ4n) is 3.74. The van der Waals surface area contributed by atoms with Crippen molar-refractivity contribution in [2.75, 3.05) is 24.5 Å². The fraction of sp³-hybridized carbons (Fsp3) is 0.467. The van der Waals surface area contributed by atoms with Gasteiger partial charge < -0.3 is 15.7 Å². The summed E-state index contributed by atoms with van der Waals surface area (Å²) in [5.74, 6) is -0.414. The van der Waals surface area contributed by atoms with E-state index in [4.69, 9.17) is 10.5 Å². The molecular weight excluding hydrogens is 305 g/mol. The number of hydrogen-bond donors (Lipinski definition) is 2. The molecule has 1 aliphatic carbocycles. The molecule has 2 aliphatic heterocycles. The molecule has 3 fully saturated rings. The minimum absolute atomic E-state index is 0.0128. The summed E-state index contributed by atoms with van der Waals surface area (Å²) in [6.07, 6.45) is -1.72. The molecule has 0 bridgehead atoms. The van der Waals surface area contributed by atoms with Crippen molar-refractivity contribution in [3.8, 4) is 0 Å². The summed E-state index contributed by atoms with van der Waals surface area (Å²) >= 11 is 0. The van der Waals surface area contributed by atoms with Crippen molar-refractivity contribution in [1.82, 2.24) is 5.06 Å². The Hall–Kier alpha value is -2.19. The zero-order valence-electron chi connectivity index (χ0n) is 12.2. The number of piperidine rings is 1. The number of fused-ring (bicyclic) bond motifs is 1.